The van der Waals surface area contributed by atoms with Gasteiger partial charge in [-0.1, -0.05) is 31.2 Å². The van der Waals surface area contributed by atoms with Gasteiger partial charge in [-0.3, -0.25) is 4.79 Å². The molecular weight excluding hydrogens is 302 g/mol. The fraction of sp³-hybridized carbons (Fsp3) is 0.188. The minimum atomic E-state index is 0.0936. The fourth-order valence-electron chi connectivity index (χ4n) is 1.93. The van der Waals surface area contributed by atoms with Crippen molar-refractivity contribution < 1.29 is 4.79 Å². The lowest BCUT2D eigenvalue weighted by atomic mass is 10.0. The van der Waals surface area contributed by atoms with E-state index in [2.05, 4.69) is 35.0 Å². The average Bonchev–Trinajstić information content (AvgIpc) is 2.39. The van der Waals surface area contributed by atoms with Crippen molar-refractivity contribution in [2.75, 3.05) is 5.73 Å². The first-order chi connectivity index (χ1) is 9.10. The second-order valence-electron chi connectivity index (χ2n) is 4.51. The topological polar surface area (TPSA) is 43.1 Å². The molecule has 0 heterocycles. The second-order valence-corrected chi connectivity index (χ2v) is 5.36. The van der Waals surface area contributed by atoms with Gasteiger partial charge in [-0.15, -0.1) is 0 Å². The number of nitrogen functional groups attached to an aromatic ring is 1. The van der Waals surface area contributed by atoms with Crippen molar-refractivity contribution in [1.29, 1.82) is 0 Å². The van der Waals surface area contributed by atoms with E-state index < -0.39 is 0 Å². The third kappa shape index (κ3) is 3.44. The van der Waals surface area contributed by atoms with Crippen LogP contribution in [0.5, 0.6) is 0 Å². The van der Waals surface area contributed by atoms with Gasteiger partial charge in [0.1, 0.15) is 0 Å². The number of Topliss-reactive ketones (excluding diaryl/α,β-unsaturated/α-hetero) is 1. The van der Waals surface area contributed by atoms with Gasteiger partial charge in [0.15, 0.2) is 5.78 Å². The van der Waals surface area contributed by atoms with Crippen LogP contribution in [0, 0.1) is 0 Å². The molecule has 2 N–H and O–H groups in total. The van der Waals surface area contributed by atoms with Crippen LogP contribution in [-0.4, -0.2) is 5.78 Å². The Hall–Kier alpha value is -1.61. The zero-order chi connectivity index (χ0) is 13.8. The third-order valence-electron chi connectivity index (χ3n) is 3.09. The van der Waals surface area contributed by atoms with Crippen LogP contribution in [0.1, 0.15) is 28.4 Å². The maximum Gasteiger partial charge on any atom is 0.168 e. The van der Waals surface area contributed by atoms with E-state index in [0.29, 0.717) is 17.7 Å². The molecule has 3 heteroatoms. The van der Waals surface area contributed by atoms with Gasteiger partial charge in [0.2, 0.25) is 0 Å². The Morgan fingerprint density at radius 1 is 1.11 bits per heavy atom. The molecule has 19 heavy (non-hydrogen) atoms. The molecule has 0 amide bonds. The number of aryl methyl sites for hydroxylation is 1. The van der Waals surface area contributed by atoms with Gasteiger partial charge in [-0.2, -0.15) is 0 Å². The molecule has 2 rings (SSSR count). The molecule has 0 saturated heterocycles. The molecule has 0 aliphatic carbocycles. The highest BCUT2D eigenvalue weighted by Gasteiger charge is 2.11. The largest absolute Gasteiger partial charge is 0.399 e. The van der Waals surface area contributed by atoms with Gasteiger partial charge in [0, 0.05) is 22.1 Å². The van der Waals surface area contributed by atoms with Crippen LogP contribution in [-0.2, 0) is 12.8 Å². The lowest BCUT2D eigenvalue weighted by Gasteiger charge is -2.06. The Kier molecular flexibility index (Phi) is 4.38. The molecule has 0 radical (unpaired) electrons. The Bertz CT molecular complexity index is 590. The quantitative estimate of drug-likeness (QED) is 0.683. The van der Waals surface area contributed by atoms with Crippen molar-refractivity contribution in [3.8, 4) is 0 Å². The summed E-state index contributed by atoms with van der Waals surface area (Å²) in [6.45, 7) is 2.12. The lowest BCUT2D eigenvalue weighted by molar-refractivity contribution is 0.0992. The highest BCUT2D eigenvalue weighted by atomic mass is 79.9. The molecule has 2 aromatic rings. The number of halogens is 1. The maximum absolute atomic E-state index is 12.2. The molecule has 0 aliphatic heterocycles. The monoisotopic (exact) mass is 317 g/mol. The van der Waals surface area contributed by atoms with E-state index in [1.54, 1.807) is 18.2 Å². The van der Waals surface area contributed by atoms with E-state index in [4.69, 9.17) is 5.73 Å². The molecule has 0 fully saturated rings. The molecule has 0 atom stereocenters. The standard InChI is InChI=1S/C16H16BrNO/c1-2-11-3-5-12(6-4-11)9-16(19)14-8-7-13(18)10-15(14)17/h3-8,10H,2,9,18H2,1H3. The summed E-state index contributed by atoms with van der Waals surface area (Å²) >= 11 is 3.38. The molecule has 0 unspecified atom stereocenters. The first-order valence-electron chi connectivity index (χ1n) is 6.26. The highest BCUT2D eigenvalue weighted by Crippen LogP contribution is 2.21. The number of nitrogens with two attached hydrogens (primary N) is 1. The van der Waals surface area contributed by atoms with Gasteiger partial charge in [0.05, 0.1) is 0 Å². The first kappa shape index (κ1) is 13.8. The average molecular weight is 318 g/mol. The number of rotatable bonds is 4. The zero-order valence-corrected chi connectivity index (χ0v) is 12.4. The number of anilines is 1. The smallest absolute Gasteiger partial charge is 0.168 e. The number of hydrogen-bond acceptors (Lipinski definition) is 2. The SMILES string of the molecule is CCc1ccc(CC(=O)c2ccc(N)cc2Br)cc1. The number of ketones is 1. The third-order valence-corrected chi connectivity index (χ3v) is 3.75. The van der Waals surface area contributed by atoms with Crippen LogP contribution < -0.4 is 5.73 Å². The summed E-state index contributed by atoms with van der Waals surface area (Å²) in [6.07, 6.45) is 1.42. The molecule has 0 aromatic heterocycles. The van der Waals surface area contributed by atoms with Crippen LogP contribution in [0.4, 0.5) is 5.69 Å². The van der Waals surface area contributed by atoms with Crippen molar-refractivity contribution in [3.05, 3.63) is 63.6 Å². The molecule has 98 valence electrons. The van der Waals surface area contributed by atoms with E-state index >= 15 is 0 Å². The van der Waals surface area contributed by atoms with E-state index in [9.17, 15) is 4.79 Å². The maximum atomic E-state index is 12.2. The summed E-state index contributed by atoms with van der Waals surface area (Å²) in [6, 6.07) is 13.4. The van der Waals surface area contributed by atoms with Gasteiger partial charge >= 0.3 is 0 Å². The van der Waals surface area contributed by atoms with Gasteiger partial charge in [0.25, 0.3) is 0 Å². The summed E-state index contributed by atoms with van der Waals surface area (Å²) < 4.78 is 0.752. The molecule has 0 saturated carbocycles. The summed E-state index contributed by atoms with van der Waals surface area (Å²) in [5.74, 6) is 0.0936. The predicted molar refractivity (Wildman–Crippen MR) is 82.4 cm³/mol. The van der Waals surface area contributed by atoms with Crippen molar-refractivity contribution in [2.24, 2.45) is 0 Å². The minimum absolute atomic E-state index is 0.0936. The van der Waals surface area contributed by atoms with Crippen molar-refractivity contribution >= 4 is 27.4 Å². The van der Waals surface area contributed by atoms with Gasteiger partial charge in [-0.25, -0.2) is 0 Å². The number of carbonyl (C=O) groups is 1. The number of carbonyl (C=O) groups excluding carboxylic acids is 1. The predicted octanol–water partition coefficient (Wildman–Crippen LogP) is 4.02. The second kappa shape index (κ2) is 6.02. The molecule has 0 bridgehead atoms. The Morgan fingerprint density at radius 3 is 2.32 bits per heavy atom. The van der Waals surface area contributed by atoms with Crippen LogP contribution in [0.25, 0.3) is 0 Å². The summed E-state index contributed by atoms with van der Waals surface area (Å²) in [5.41, 5.74) is 9.31. The lowest BCUT2D eigenvalue weighted by Crippen LogP contribution is -2.05. The summed E-state index contributed by atoms with van der Waals surface area (Å²) in [4.78, 5) is 12.2. The van der Waals surface area contributed by atoms with Crippen molar-refractivity contribution in [1.82, 2.24) is 0 Å². The summed E-state index contributed by atoms with van der Waals surface area (Å²) in [5, 5.41) is 0. The first-order valence-corrected chi connectivity index (χ1v) is 7.05. The number of benzene rings is 2. The van der Waals surface area contributed by atoms with Crippen LogP contribution >= 0.6 is 15.9 Å². The number of hydrogen-bond donors (Lipinski definition) is 1. The molecule has 0 spiro atoms. The van der Waals surface area contributed by atoms with Gasteiger partial charge in [-0.05, 0) is 51.7 Å². The van der Waals surface area contributed by atoms with Crippen LogP contribution in [0.2, 0.25) is 0 Å². The fourth-order valence-corrected chi connectivity index (χ4v) is 2.55. The molecule has 2 nitrogen and oxygen atoms in total. The van der Waals surface area contributed by atoms with Crippen LogP contribution in [0.3, 0.4) is 0 Å². The molecule has 2 aromatic carbocycles. The Morgan fingerprint density at radius 2 is 1.74 bits per heavy atom. The minimum Gasteiger partial charge on any atom is -0.399 e. The Labute approximate surface area is 121 Å². The van der Waals surface area contributed by atoms with E-state index in [-0.39, 0.29) is 5.78 Å². The van der Waals surface area contributed by atoms with Crippen molar-refractivity contribution in [3.63, 3.8) is 0 Å². The molecule has 0 aliphatic rings. The van der Waals surface area contributed by atoms with Gasteiger partial charge < -0.3 is 5.73 Å². The van der Waals surface area contributed by atoms with E-state index in [0.717, 1.165) is 16.5 Å². The molecular formula is C16H16BrNO. The van der Waals surface area contributed by atoms with Crippen molar-refractivity contribution in [2.45, 2.75) is 19.8 Å². The Balaban J connectivity index is 2.15. The normalized spacial score (nSPS) is 10.4. The van der Waals surface area contributed by atoms with Crippen LogP contribution in [0.15, 0.2) is 46.9 Å². The summed E-state index contributed by atoms with van der Waals surface area (Å²) in [7, 11) is 0. The van der Waals surface area contributed by atoms with E-state index in [1.165, 1.54) is 5.56 Å². The zero-order valence-electron chi connectivity index (χ0n) is 10.8. The highest BCUT2D eigenvalue weighted by molar-refractivity contribution is 9.10. The van der Waals surface area contributed by atoms with E-state index in [1.807, 2.05) is 12.1 Å².